The predicted octanol–water partition coefficient (Wildman–Crippen LogP) is -2.99. The number of nitrogens with two attached hydrogens (primary N) is 1. The standard InChI is InChI=1S/C6H15NO3.H3NO3S/c8-4-1-7(2-5-9)3-6-10;1-5(2,3)4/h8-10H,1-6H2;(H3,1,2,3,4). The lowest BCUT2D eigenvalue weighted by Gasteiger charge is -2.17. The molecule has 0 rings (SSSR count). The molecule has 94 valence electrons. The maximum absolute atomic E-state index is 8.97. The van der Waals surface area contributed by atoms with E-state index < -0.39 is 10.3 Å². The monoisotopic (exact) mass is 246 g/mol. The van der Waals surface area contributed by atoms with Crippen LogP contribution in [0.5, 0.6) is 0 Å². The molecule has 0 aromatic rings. The van der Waals surface area contributed by atoms with Crippen LogP contribution in [0.15, 0.2) is 0 Å². The minimum Gasteiger partial charge on any atom is -0.395 e. The Balaban J connectivity index is 0. The summed E-state index contributed by atoms with van der Waals surface area (Å²) in [6.45, 7) is 1.75. The minimum absolute atomic E-state index is 0.0694. The van der Waals surface area contributed by atoms with Gasteiger partial charge in [0.05, 0.1) is 19.8 Å². The van der Waals surface area contributed by atoms with Gasteiger partial charge in [0.25, 0.3) is 0 Å². The van der Waals surface area contributed by atoms with Gasteiger partial charge in [-0.15, -0.1) is 0 Å². The molecule has 0 saturated heterocycles. The molecule has 6 N–H and O–H groups in total. The molecule has 0 amide bonds. The average molecular weight is 246 g/mol. The Morgan fingerprint density at radius 1 is 0.933 bits per heavy atom. The zero-order valence-electron chi connectivity index (χ0n) is 8.28. The third-order valence-electron chi connectivity index (χ3n) is 1.25. The second-order valence-electron chi connectivity index (χ2n) is 2.53. The molecule has 0 spiro atoms. The molecule has 0 aromatic carbocycles. The number of hydrogen-bond donors (Lipinski definition) is 5. The summed E-state index contributed by atoms with van der Waals surface area (Å²) in [7, 11) is -4.17. The van der Waals surface area contributed by atoms with Crippen LogP contribution in [0, 0.1) is 0 Å². The van der Waals surface area contributed by atoms with Gasteiger partial charge in [-0.1, -0.05) is 0 Å². The fraction of sp³-hybridized carbons (Fsp3) is 1.00. The summed E-state index contributed by atoms with van der Waals surface area (Å²) in [6, 6.07) is 0. The quantitative estimate of drug-likeness (QED) is 0.314. The number of aliphatic hydroxyl groups is 3. The molecule has 15 heavy (non-hydrogen) atoms. The molecule has 0 aliphatic carbocycles. The van der Waals surface area contributed by atoms with E-state index in [0.717, 1.165) is 0 Å². The van der Waals surface area contributed by atoms with Gasteiger partial charge in [0.2, 0.25) is 0 Å². The van der Waals surface area contributed by atoms with Crippen molar-refractivity contribution in [1.29, 1.82) is 0 Å². The number of nitrogens with zero attached hydrogens (tertiary/aromatic N) is 1. The second-order valence-corrected chi connectivity index (χ2v) is 3.56. The Morgan fingerprint density at radius 3 is 1.27 bits per heavy atom. The summed E-state index contributed by atoms with van der Waals surface area (Å²) in [5.41, 5.74) is 0. The summed E-state index contributed by atoms with van der Waals surface area (Å²) >= 11 is 0. The van der Waals surface area contributed by atoms with Crippen LogP contribution in [-0.2, 0) is 10.3 Å². The molecule has 0 aliphatic heterocycles. The Bertz CT molecular complexity index is 197. The molecule has 0 aromatic heterocycles. The molecule has 0 bridgehead atoms. The topological polar surface area (TPSA) is 144 Å². The van der Waals surface area contributed by atoms with Crippen LogP contribution >= 0.6 is 0 Å². The van der Waals surface area contributed by atoms with E-state index in [0.29, 0.717) is 19.6 Å². The van der Waals surface area contributed by atoms with E-state index in [1.165, 1.54) is 0 Å². The Labute approximate surface area is 88.8 Å². The van der Waals surface area contributed by atoms with E-state index in [2.05, 4.69) is 5.14 Å². The lowest BCUT2D eigenvalue weighted by Crippen LogP contribution is -2.32. The maximum atomic E-state index is 8.97. The molecular weight excluding hydrogens is 228 g/mol. The Kier molecular flexibility index (Phi) is 11.7. The maximum Gasteiger partial charge on any atom is 0.330 e. The minimum atomic E-state index is -4.17. The van der Waals surface area contributed by atoms with Gasteiger partial charge in [0, 0.05) is 19.6 Å². The Morgan fingerprint density at radius 2 is 1.13 bits per heavy atom. The van der Waals surface area contributed by atoms with Crippen LogP contribution in [0.4, 0.5) is 0 Å². The molecule has 9 heteroatoms. The van der Waals surface area contributed by atoms with E-state index in [9.17, 15) is 0 Å². The fourth-order valence-electron chi connectivity index (χ4n) is 0.760. The van der Waals surface area contributed by atoms with Gasteiger partial charge >= 0.3 is 10.3 Å². The lowest BCUT2D eigenvalue weighted by atomic mass is 10.4. The lowest BCUT2D eigenvalue weighted by molar-refractivity contribution is 0.136. The first-order valence-electron chi connectivity index (χ1n) is 4.15. The van der Waals surface area contributed by atoms with Crippen LogP contribution in [0.1, 0.15) is 0 Å². The van der Waals surface area contributed by atoms with Crippen molar-refractivity contribution in [2.75, 3.05) is 39.5 Å². The molecular formula is C6H18N2O6S. The first kappa shape index (κ1) is 17.1. The highest BCUT2D eigenvalue weighted by molar-refractivity contribution is 7.83. The van der Waals surface area contributed by atoms with Crippen molar-refractivity contribution < 1.29 is 28.3 Å². The van der Waals surface area contributed by atoms with Crippen molar-refractivity contribution in [3.63, 3.8) is 0 Å². The van der Waals surface area contributed by atoms with E-state index in [-0.39, 0.29) is 19.8 Å². The number of rotatable bonds is 6. The highest BCUT2D eigenvalue weighted by Gasteiger charge is 2.00. The molecule has 0 atom stereocenters. The van der Waals surface area contributed by atoms with Gasteiger partial charge in [-0.2, -0.15) is 8.42 Å². The van der Waals surface area contributed by atoms with E-state index >= 15 is 0 Å². The van der Waals surface area contributed by atoms with Gasteiger partial charge in [-0.25, -0.2) is 5.14 Å². The Hall–Kier alpha value is -0.290. The summed E-state index contributed by atoms with van der Waals surface area (Å²) in [5, 5.41) is 29.3. The summed E-state index contributed by atoms with van der Waals surface area (Å²) in [6.07, 6.45) is 0. The molecule has 0 saturated carbocycles. The highest BCUT2D eigenvalue weighted by atomic mass is 32.2. The molecule has 0 radical (unpaired) electrons. The van der Waals surface area contributed by atoms with Gasteiger partial charge in [-0.05, 0) is 0 Å². The van der Waals surface area contributed by atoms with Crippen molar-refractivity contribution in [1.82, 2.24) is 4.90 Å². The van der Waals surface area contributed by atoms with E-state index in [4.69, 9.17) is 28.3 Å². The van der Waals surface area contributed by atoms with E-state index in [1.807, 2.05) is 0 Å². The van der Waals surface area contributed by atoms with Crippen molar-refractivity contribution in [3.05, 3.63) is 0 Å². The van der Waals surface area contributed by atoms with Crippen LogP contribution < -0.4 is 5.14 Å². The van der Waals surface area contributed by atoms with Crippen LogP contribution in [0.25, 0.3) is 0 Å². The first-order valence-corrected chi connectivity index (χ1v) is 5.65. The smallest absolute Gasteiger partial charge is 0.330 e. The van der Waals surface area contributed by atoms with Crippen molar-refractivity contribution in [3.8, 4) is 0 Å². The largest absolute Gasteiger partial charge is 0.395 e. The predicted molar refractivity (Wildman–Crippen MR) is 53.4 cm³/mol. The van der Waals surface area contributed by atoms with Crippen LogP contribution in [-0.4, -0.2) is 72.6 Å². The van der Waals surface area contributed by atoms with Crippen molar-refractivity contribution >= 4 is 10.3 Å². The SMILES string of the molecule is NS(=O)(=O)O.OCCN(CCO)CCO. The van der Waals surface area contributed by atoms with Crippen LogP contribution in [0.3, 0.4) is 0 Å². The highest BCUT2D eigenvalue weighted by Crippen LogP contribution is 1.84. The average Bonchev–Trinajstić information content (AvgIpc) is 2.02. The number of hydrogen-bond acceptors (Lipinski definition) is 6. The van der Waals surface area contributed by atoms with Gasteiger partial charge < -0.3 is 15.3 Å². The van der Waals surface area contributed by atoms with Crippen molar-refractivity contribution in [2.45, 2.75) is 0 Å². The summed E-state index contributed by atoms with van der Waals surface area (Å²) in [4.78, 5) is 1.79. The third kappa shape index (κ3) is 24.8. The zero-order valence-corrected chi connectivity index (χ0v) is 9.10. The van der Waals surface area contributed by atoms with E-state index in [1.54, 1.807) is 4.90 Å². The summed E-state index contributed by atoms with van der Waals surface area (Å²) < 4.78 is 25.2. The van der Waals surface area contributed by atoms with Gasteiger partial charge in [0.1, 0.15) is 0 Å². The van der Waals surface area contributed by atoms with Crippen molar-refractivity contribution in [2.24, 2.45) is 5.14 Å². The van der Waals surface area contributed by atoms with Gasteiger partial charge in [0.15, 0.2) is 0 Å². The number of aliphatic hydroxyl groups excluding tert-OH is 3. The molecule has 0 fully saturated rings. The van der Waals surface area contributed by atoms with Gasteiger partial charge in [-0.3, -0.25) is 9.45 Å². The first-order chi connectivity index (χ1) is 6.85. The molecule has 0 unspecified atom stereocenters. The zero-order chi connectivity index (χ0) is 12.3. The normalized spacial score (nSPS) is 11.1. The molecule has 0 heterocycles. The third-order valence-corrected chi connectivity index (χ3v) is 1.25. The fourth-order valence-corrected chi connectivity index (χ4v) is 0.760. The van der Waals surface area contributed by atoms with Crippen LogP contribution in [0.2, 0.25) is 0 Å². The molecule has 8 nitrogen and oxygen atoms in total. The second kappa shape index (κ2) is 10.2. The summed E-state index contributed by atoms with van der Waals surface area (Å²) in [5.74, 6) is 0. The molecule has 0 aliphatic rings.